The molecule has 56 heavy (non-hydrogen) atoms. The van der Waals surface area contributed by atoms with Crippen molar-refractivity contribution in [3.63, 3.8) is 0 Å². The van der Waals surface area contributed by atoms with E-state index in [2.05, 4.69) is 111 Å². The van der Waals surface area contributed by atoms with Crippen LogP contribution in [0.2, 0.25) is 18.1 Å². The molecule has 0 unspecified atom stereocenters. The third kappa shape index (κ3) is 11.1. The standard InChI is InChI=1S/C36H45N2SSi.C13H24O2.Ir/c1-22(2)18-40(19-23(3)4,20-24(5)6)32-15-14-30-34-36(39-35(30)26(32)9)33(37-21-38-34)28-16-27-12-10-11-13-29(27)31(17-28)25(7)8;1-5-10(6-2)12(14)9-13(15)11(7-3)8-4;/h10-15,17,21-25H,18-20H2,1-9H3;9-11,14H,5-8H2,1-4H3;/q-1;;/b;12-9-;. The molecule has 0 saturated heterocycles. The molecule has 0 bridgehead atoms. The predicted octanol–water partition coefficient (Wildman–Crippen LogP) is 14.4. The third-order valence-corrected chi connectivity index (χ3v) is 19.2. The minimum atomic E-state index is -1.74. The van der Waals surface area contributed by atoms with Gasteiger partial charge in [0.1, 0.15) is 6.33 Å². The van der Waals surface area contributed by atoms with E-state index in [0.29, 0.717) is 23.7 Å². The fourth-order valence-corrected chi connectivity index (χ4v) is 17.7. The van der Waals surface area contributed by atoms with E-state index >= 15 is 0 Å². The van der Waals surface area contributed by atoms with E-state index in [4.69, 9.17) is 9.97 Å². The number of carbonyl (C=O) groups excluding carboxylic acids is 1. The molecule has 7 heteroatoms. The van der Waals surface area contributed by atoms with Crippen LogP contribution < -0.4 is 5.19 Å². The SMILES string of the molecule is CCC(CC)C(=O)/C=C(\O)C(CC)CC.Cc1c([Si](CC(C)C)(CC(C)C)CC(C)C)ccc2c1sc1c(-c3[c-]c4ccccc4c(C(C)C)c3)ncnc12.[Ir]. The Hall–Kier alpha value is -2.70. The summed E-state index contributed by atoms with van der Waals surface area (Å²) < 4.78 is 2.58. The first-order valence-electron chi connectivity index (χ1n) is 21.2. The van der Waals surface area contributed by atoms with Crippen molar-refractivity contribution in [2.75, 3.05) is 0 Å². The first kappa shape index (κ1) is 47.7. The second-order valence-electron chi connectivity index (χ2n) is 17.5. The zero-order valence-electron chi connectivity index (χ0n) is 36.6. The summed E-state index contributed by atoms with van der Waals surface area (Å²) in [5, 5.41) is 15.1. The molecule has 0 aliphatic rings. The number of carbonyl (C=O) groups is 1. The van der Waals surface area contributed by atoms with Crippen LogP contribution in [0.4, 0.5) is 0 Å². The number of aliphatic hydroxyl groups is 1. The van der Waals surface area contributed by atoms with E-state index < -0.39 is 8.07 Å². The topological polar surface area (TPSA) is 63.1 Å². The zero-order chi connectivity index (χ0) is 40.6. The van der Waals surface area contributed by atoms with Gasteiger partial charge in [0.05, 0.1) is 19.3 Å². The molecule has 3 aromatic carbocycles. The molecule has 4 nitrogen and oxygen atoms in total. The Morgan fingerprint density at radius 3 is 1.89 bits per heavy atom. The van der Waals surface area contributed by atoms with Crippen LogP contribution in [0.3, 0.4) is 0 Å². The van der Waals surface area contributed by atoms with Gasteiger partial charge in [-0.05, 0) is 61.8 Å². The maximum absolute atomic E-state index is 11.7. The van der Waals surface area contributed by atoms with Crippen molar-refractivity contribution in [1.29, 1.82) is 0 Å². The van der Waals surface area contributed by atoms with Gasteiger partial charge in [-0.1, -0.05) is 148 Å². The molecule has 1 radical (unpaired) electrons. The number of hydrogen-bond acceptors (Lipinski definition) is 5. The maximum Gasteiger partial charge on any atom is 0.162 e. The van der Waals surface area contributed by atoms with E-state index in [1.54, 1.807) is 11.5 Å². The number of thiophene rings is 1. The van der Waals surface area contributed by atoms with Gasteiger partial charge in [0.15, 0.2) is 5.78 Å². The number of fused-ring (bicyclic) bond motifs is 4. The number of ketones is 1. The molecule has 0 spiro atoms. The van der Waals surface area contributed by atoms with Crippen molar-refractivity contribution < 1.29 is 30.0 Å². The summed E-state index contributed by atoms with van der Waals surface area (Å²) in [6.07, 6.45) is 6.66. The number of hydrogen-bond donors (Lipinski definition) is 1. The van der Waals surface area contributed by atoms with E-state index in [1.807, 2.05) is 39.0 Å². The fourth-order valence-electron chi connectivity index (χ4n) is 9.11. The predicted molar refractivity (Wildman–Crippen MR) is 244 cm³/mol. The minimum absolute atomic E-state index is 0. The number of benzene rings is 3. The molecular weight excluding hydrogens is 901 g/mol. The molecule has 0 saturated carbocycles. The average Bonchev–Trinajstić information content (AvgIpc) is 3.51. The maximum atomic E-state index is 11.7. The van der Waals surface area contributed by atoms with Crippen molar-refractivity contribution in [3.8, 4) is 11.3 Å². The van der Waals surface area contributed by atoms with Gasteiger partial charge in [0.2, 0.25) is 0 Å². The summed E-state index contributed by atoms with van der Waals surface area (Å²) in [7, 11) is -1.74. The number of aliphatic hydroxyl groups excluding tert-OH is 1. The van der Waals surface area contributed by atoms with Gasteiger partial charge in [-0.3, -0.25) is 9.78 Å². The second kappa shape index (κ2) is 21.3. The summed E-state index contributed by atoms with van der Waals surface area (Å²) >= 11 is 1.89. The van der Waals surface area contributed by atoms with Crippen LogP contribution in [0.15, 0.2) is 60.6 Å². The van der Waals surface area contributed by atoms with Crippen LogP contribution in [-0.2, 0) is 24.9 Å². The molecular formula is C49H69IrN2O2SSi-. The summed E-state index contributed by atoms with van der Waals surface area (Å²) in [5.74, 6) is 3.09. The number of aryl methyl sites for hydroxylation is 1. The van der Waals surface area contributed by atoms with Gasteiger partial charge in [-0.15, -0.1) is 40.5 Å². The van der Waals surface area contributed by atoms with Crippen molar-refractivity contribution in [2.24, 2.45) is 29.6 Å². The number of rotatable bonds is 16. The number of nitrogens with zero attached hydrogens (tertiary/aromatic N) is 2. The quantitative estimate of drug-likeness (QED) is 0.0463. The largest absolute Gasteiger partial charge is 0.512 e. The first-order chi connectivity index (χ1) is 26.1. The van der Waals surface area contributed by atoms with Gasteiger partial charge in [0.25, 0.3) is 0 Å². The Morgan fingerprint density at radius 1 is 0.786 bits per heavy atom. The molecule has 307 valence electrons. The number of allylic oxidation sites excluding steroid dienone is 2. The van der Waals surface area contributed by atoms with Gasteiger partial charge in [0, 0.05) is 58.5 Å². The van der Waals surface area contributed by atoms with Crippen LogP contribution in [0.1, 0.15) is 126 Å². The Bertz CT molecular complexity index is 2050. The molecule has 0 aliphatic heterocycles. The average molecular weight is 970 g/mol. The van der Waals surface area contributed by atoms with Gasteiger partial charge < -0.3 is 5.11 Å². The van der Waals surface area contributed by atoms with Crippen LogP contribution in [0.5, 0.6) is 0 Å². The van der Waals surface area contributed by atoms with Crippen molar-refractivity contribution in [2.45, 2.75) is 140 Å². The van der Waals surface area contributed by atoms with E-state index in [1.165, 1.54) is 55.5 Å². The molecule has 5 aromatic rings. The molecule has 2 aromatic heterocycles. The molecule has 1 N–H and O–H groups in total. The zero-order valence-corrected chi connectivity index (χ0v) is 40.8. The second-order valence-corrected chi connectivity index (χ2v) is 22.9. The number of aromatic nitrogens is 2. The smallest absolute Gasteiger partial charge is 0.162 e. The summed E-state index contributed by atoms with van der Waals surface area (Å²) in [4.78, 5) is 21.4. The molecule has 0 amide bonds. The van der Waals surface area contributed by atoms with Crippen LogP contribution in [0.25, 0.3) is 42.3 Å². The van der Waals surface area contributed by atoms with Gasteiger partial charge in [-0.2, -0.15) is 0 Å². The molecule has 0 aliphatic carbocycles. The van der Waals surface area contributed by atoms with E-state index in [-0.39, 0.29) is 43.5 Å². The molecule has 2 heterocycles. The Morgan fingerprint density at radius 2 is 1.36 bits per heavy atom. The fraction of sp³-hybridized carbons (Fsp3) is 0.531. The van der Waals surface area contributed by atoms with Crippen molar-refractivity contribution in [1.82, 2.24) is 9.97 Å². The molecule has 0 fully saturated rings. The van der Waals surface area contributed by atoms with E-state index in [9.17, 15) is 9.90 Å². The molecule has 5 rings (SSSR count). The summed E-state index contributed by atoms with van der Waals surface area (Å²) in [5.41, 5.74) is 6.00. The van der Waals surface area contributed by atoms with Crippen LogP contribution in [0, 0.1) is 42.6 Å². The first-order valence-corrected chi connectivity index (χ1v) is 24.6. The monoisotopic (exact) mass is 970 g/mol. The Labute approximate surface area is 357 Å². The molecule has 0 atom stereocenters. The van der Waals surface area contributed by atoms with Crippen molar-refractivity contribution >= 4 is 61.5 Å². The Kier molecular flexibility index (Phi) is 18.2. The summed E-state index contributed by atoms with van der Waals surface area (Å²) in [6.45, 7) is 29.5. The normalized spacial score (nSPS) is 12.5. The Balaban J connectivity index is 0.000000448. The van der Waals surface area contributed by atoms with Gasteiger partial charge >= 0.3 is 0 Å². The van der Waals surface area contributed by atoms with Crippen molar-refractivity contribution in [3.05, 3.63) is 77.8 Å². The van der Waals surface area contributed by atoms with Gasteiger partial charge in [-0.25, -0.2) is 4.98 Å². The van der Waals surface area contributed by atoms with Crippen LogP contribution >= 0.6 is 11.3 Å². The minimum Gasteiger partial charge on any atom is -0.512 e. The van der Waals surface area contributed by atoms with E-state index in [0.717, 1.165) is 47.8 Å². The third-order valence-electron chi connectivity index (χ3n) is 11.4. The summed E-state index contributed by atoms with van der Waals surface area (Å²) in [6, 6.07) is 23.6. The van der Waals surface area contributed by atoms with Crippen LogP contribution in [-0.4, -0.2) is 28.9 Å².